The van der Waals surface area contributed by atoms with Crippen molar-refractivity contribution in [3.05, 3.63) is 128 Å². The number of hydrogen-bond donors (Lipinski definition) is 4. The minimum absolute atomic E-state index is 0.178. The number of carbonyl (C=O) groups excluding carboxylic acids is 4. The molecular formula is C114H178N6O10S. The molecule has 1 aromatic heterocycles. The Kier molecular flexibility index (Phi) is 67.5. The number of amides is 4. The highest BCUT2D eigenvalue weighted by Gasteiger charge is 2.23. The summed E-state index contributed by atoms with van der Waals surface area (Å²) in [4.78, 5) is 57.1. The van der Waals surface area contributed by atoms with Gasteiger partial charge in [0.05, 0.1) is 62.9 Å². The molecule has 4 N–H and O–H groups in total. The smallest absolute Gasteiger partial charge is 0.251 e. The maximum Gasteiger partial charge on any atom is 0.251 e. The van der Waals surface area contributed by atoms with Crippen molar-refractivity contribution in [3.8, 4) is 46.6 Å². The number of unbranched alkanes of at least 4 members (excludes halogenated alkanes) is 54. The van der Waals surface area contributed by atoms with Crippen LogP contribution in [0.15, 0.2) is 84.9 Å². The van der Waals surface area contributed by atoms with Crippen LogP contribution in [0.4, 0.5) is 0 Å². The third kappa shape index (κ3) is 53.4. The number of hydrogen-bond acceptors (Lipinski definition) is 13. The third-order valence-electron chi connectivity index (χ3n) is 24.8. The molecule has 0 saturated carbocycles. The van der Waals surface area contributed by atoms with Crippen molar-refractivity contribution in [1.82, 2.24) is 21.3 Å². The van der Waals surface area contributed by atoms with Gasteiger partial charge in [-0.3, -0.25) is 19.2 Å². The van der Waals surface area contributed by atoms with Crippen molar-refractivity contribution < 1.29 is 47.6 Å². The summed E-state index contributed by atoms with van der Waals surface area (Å²) >= 11 is 1.42. The van der Waals surface area contributed by atoms with Crippen LogP contribution in [0, 0.1) is 22.7 Å². The number of nitrogens with zero attached hydrogens (tertiary/aromatic N) is 2. The molecule has 0 aliphatic rings. The van der Waals surface area contributed by atoms with Crippen molar-refractivity contribution in [2.24, 2.45) is 0 Å². The highest BCUT2D eigenvalue weighted by molar-refractivity contribution is 7.13. The molecule has 16 nitrogen and oxygen atoms in total. The molecule has 730 valence electrons. The summed E-state index contributed by atoms with van der Waals surface area (Å²) < 4.78 is 39.5. The first kappa shape index (κ1) is 113. The average molecular weight is 1820 g/mol. The Hall–Kier alpha value is -8.28. The van der Waals surface area contributed by atoms with E-state index < -0.39 is 0 Å². The van der Waals surface area contributed by atoms with Crippen LogP contribution in [0.25, 0.3) is 23.3 Å². The lowest BCUT2D eigenvalue weighted by molar-refractivity contribution is 0.0927. The Morgan fingerprint density at radius 3 is 0.618 bits per heavy atom. The molecule has 17 heteroatoms. The predicted octanol–water partition coefficient (Wildman–Crippen LogP) is 32.0. The fourth-order valence-electron chi connectivity index (χ4n) is 16.6. The first-order valence-corrected chi connectivity index (χ1v) is 54.1. The molecular weight excluding hydrogens is 1650 g/mol. The van der Waals surface area contributed by atoms with E-state index in [1.807, 2.05) is 12.1 Å². The minimum atomic E-state index is -0.317. The summed E-state index contributed by atoms with van der Waals surface area (Å²) in [5, 5.41) is 32.8. The van der Waals surface area contributed by atoms with Crippen LogP contribution in [-0.4, -0.2) is 89.4 Å². The maximum absolute atomic E-state index is 14.1. The van der Waals surface area contributed by atoms with E-state index in [0.29, 0.717) is 119 Å². The second kappa shape index (κ2) is 78.1. The molecule has 0 atom stereocenters. The lowest BCUT2D eigenvalue weighted by Crippen LogP contribution is -2.34. The van der Waals surface area contributed by atoms with Crippen molar-refractivity contribution in [2.45, 2.75) is 427 Å². The number of ether oxygens (including phenoxy) is 6. The molecule has 0 bridgehead atoms. The largest absolute Gasteiger partial charge is 0.490 e. The lowest BCUT2D eigenvalue weighted by Gasteiger charge is -2.19. The summed E-state index contributed by atoms with van der Waals surface area (Å²) in [5.74, 6) is 1.99. The highest BCUT2D eigenvalue weighted by Crippen LogP contribution is 2.42. The van der Waals surface area contributed by atoms with Gasteiger partial charge in [0.25, 0.3) is 23.6 Å². The zero-order chi connectivity index (χ0) is 93.6. The molecule has 131 heavy (non-hydrogen) atoms. The van der Waals surface area contributed by atoms with Crippen molar-refractivity contribution in [1.29, 1.82) is 10.5 Å². The van der Waals surface area contributed by atoms with Crippen LogP contribution >= 0.6 is 11.3 Å². The maximum atomic E-state index is 14.1. The first-order valence-electron chi connectivity index (χ1n) is 53.3. The molecule has 1 heterocycles. The van der Waals surface area contributed by atoms with Gasteiger partial charge in [-0.1, -0.05) is 413 Å². The molecule has 0 aliphatic carbocycles. The average Bonchev–Trinajstić information content (AvgIpc) is 1.43. The van der Waals surface area contributed by atoms with E-state index in [1.165, 1.54) is 320 Å². The van der Waals surface area contributed by atoms with Gasteiger partial charge in [-0.15, -0.1) is 11.3 Å². The van der Waals surface area contributed by atoms with Crippen LogP contribution in [0.3, 0.4) is 0 Å². The normalized spacial score (nSPS) is 11.5. The quantitative estimate of drug-likeness (QED) is 0.0211. The van der Waals surface area contributed by atoms with E-state index in [0.717, 1.165) is 86.8 Å². The summed E-state index contributed by atoms with van der Waals surface area (Å²) in [5.41, 5.74) is 3.68. The van der Waals surface area contributed by atoms with Gasteiger partial charge in [0.15, 0.2) is 23.0 Å². The van der Waals surface area contributed by atoms with E-state index in [4.69, 9.17) is 28.4 Å². The van der Waals surface area contributed by atoms with Gasteiger partial charge in [-0.2, -0.15) is 10.5 Å². The van der Waals surface area contributed by atoms with Crippen LogP contribution in [0.1, 0.15) is 489 Å². The van der Waals surface area contributed by atoms with Crippen LogP contribution < -0.4 is 49.7 Å². The molecule has 5 rings (SSSR count). The number of benzene rings is 4. The van der Waals surface area contributed by atoms with E-state index in [1.54, 1.807) is 84.9 Å². The van der Waals surface area contributed by atoms with Crippen molar-refractivity contribution >= 4 is 58.3 Å². The van der Waals surface area contributed by atoms with Gasteiger partial charge in [0.2, 0.25) is 11.5 Å². The summed E-state index contributed by atoms with van der Waals surface area (Å²) in [6, 6.07) is 29.3. The molecule has 5 aromatic rings. The van der Waals surface area contributed by atoms with Gasteiger partial charge < -0.3 is 49.7 Å². The van der Waals surface area contributed by atoms with Gasteiger partial charge in [-0.05, 0) is 122 Å². The Morgan fingerprint density at radius 1 is 0.244 bits per heavy atom. The Morgan fingerprint density at radius 2 is 0.420 bits per heavy atom. The topological polar surface area (TPSA) is 219 Å². The zero-order valence-corrected chi connectivity index (χ0v) is 83.9. The summed E-state index contributed by atoms with van der Waals surface area (Å²) in [7, 11) is 0. The molecule has 0 aliphatic heterocycles. The van der Waals surface area contributed by atoms with Crippen molar-refractivity contribution in [3.63, 3.8) is 0 Å². The van der Waals surface area contributed by atoms with E-state index in [-0.39, 0.29) is 49.8 Å². The highest BCUT2D eigenvalue weighted by atomic mass is 32.1. The number of nitriles is 2. The van der Waals surface area contributed by atoms with Crippen LogP contribution in [0.2, 0.25) is 0 Å². The van der Waals surface area contributed by atoms with E-state index in [9.17, 15) is 29.7 Å². The molecule has 4 amide bonds. The molecule has 0 spiro atoms. The molecule has 0 radical (unpaired) electrons. The Balaban J connectivity index is 1.18. The number of thiophene rings is 1. The zero-order valence-electron chi connectivity index (χ0n) is 83.1. The second-order valence-electron chi connectivity index (χ2n) is 36.5. The molecule has 4 aromatic carbocycles. The minimum Gasteiger partial charge on any atom is -0.490 e. The SMILES string of the molecule is CCCCCCCCCCCCOc1cc(C(=O)NCCNC(=O)c2ccc(/C(C#N)=C/c3ccc(/C=C(\C#N)c4ccc(C(=O)NCCNC(=O)c5cc(OCCCCCCCCCCCC)c(OCCCCCCCCCCCC)c(OCCCCCCCCCCCC)c5)cc4)s3)cc2)cc(OCCCCCCCCCCCC)c1OCCCCCCCCCCCC. The number of nitrogens with one attached hydrogen (secondary N) is 4. The monoisotopic (exact) mass is 1820 g/mol. The fourth-order valence-corrected chi connectivity index (χ4v) is 17.5. The standard InChI is InChI=1S/C114H178N6O10S/c1-7-13-19-25-31-37-43-49-55-61-81-125-105-89-99(90-106(126-82-62-56-50-44-38-32-26-20-14-8-2)109(105)129-85-65-59-53-47-41-35-29-23-17-11-5)113(123)119-79-77-117-111(121)97-71-67-95(68-72-97)101(93-115)87-103-75-76-104(131-103)88-102(94-116)96-69-73-98(74-70-96)112(122)118-78-80-120-114(124)100-91-107(127-83-63-57-51-45-39-33-27-21-15-9-3)110(130-86-66-60-54-48-42-36-30-24-18-12-6)108(92-100)128-84-64-58-52-46-40-34-28-22-16-10-4/h67-76,87-92H,7-66,77-86H2,1-6H3,(H,117,121)(H,118,122)(H,119,123)(H,120,124)/b101-87+,102-88+. The Labute approximate surface area is 800 Å². The molecule has 0 unspecified atom stereocenters. The van der Waals surface area contributed by atoms with E-state index >= 15 is 0 Å². The lowest BCUT2D eigenvalue weighted by atomic mass is 10.0. The molecule has 0 saturated heterocycles. The van der Waals surface area contributed by atoms with Crippen molar-refractivity contribution in [2.75, 3.05) is 65.8 Å². The van der Waals surface area contributed by atoms with Gasteiger partial charge >= 0.3 is 0 Å². The third-order valence-corrected chi connectivity index (χ3v) is 25.8. The van der Waals surface area contributed by atoms with E-state index in [2.05, 4.69) is 74.9 Å². The van der Waals surface area contributed by atoms with Crippen LogP contribution in [-0.2, 0) is 0 Å². The fraction of sp³-hybridized carbons (Fsp3) is 0.667. The summed E-state index contributed by atoms with van der Waals surface area (Å²) in [6.45, 7) is 17.4. The van der Waals surface area contributed by atoms with Crippen LogP contribution in [0.5, 0.6) is 34.5 Å². The first-order chi connectivity index (χ1) is 64.5. The summed E-state index contributed by atoms with van der Waals surface area (Å²) in [6.07, 6.45) is 76.9. The Bertz CT molecular complexity index is 3570. The number of allylic oxidation sites excluding steroid dienone is 2. The number of rotatable bonds is 86. The van der Waals surface area contributed by atoms with Gasteiger partial charge in [-0.25, -0.2) is 0 Å². The second-order valence-corrected chi connectivity index (χ2v) is 37.7. The predicted molar refractivity (Wildman–Crippen MR) is 550 cm³/mol. The number of carbonyl (C=O) groups is 4. The van der Waals surface area contributed by atoms with Gasteiger partial charge in [0, 0.05) is 58.2 Å². The van der Waals surface area contributed by atoms with Gasteiger partial charge in [0.1, 0.15) is 0 Å². The molecule has 0 fully saturated rings.